The van der Waals surface area contributed by atoms with Gasteiger partial charge in [-0.05, 0) is 65.8 Å². The molecule has 2 aromatic carbocycles. The van der Waals surface area contributed by atoms with Gasteiger partial charge in [0.1, 0.15) is 0 Å². The number of aryl methyl sites for hydroxylation is 1. The highest BCUT2D eigenvalue weighted by molar-refractivity contribution is 14.1. The maximum Gasteiger partial charge on any atom is 0.0828 e. The number of aliphatic hydroxyl groups excluding tert-OH is 1. The Labute approximate surface area is 128 Å². The van der Waals surface area contributed by atoms with Crippen LogP contribution < -0.4 is 5.32 Å². The molecule has 2 nitrogen and oxygen atoms in total. The summed E-state index contributed by atoms with van der Waals surface area (Å²) in [7, 11) is 0. The van der Waals surface area contributed by atoms with Crippen LogP contribution in [0.25, 0.3) is 0 Å². The first-order chi connectivity index (χ1) is 9.05. The van der Waals surface area contributed by atoms with E-state index in [0.717, 1.165) is 11.3 Å². The quantitative estimate of drug-likeness (QED) is 0.803. The van der Waals surface area contributed by atoms with Gasteiger partial charge in [-0.15, -0.1) is 0 Å². The van der Waals surface area contributed by atoms with Crippen LogP contribution in [0.2, 0.25) is 0 Å². The van der Waals surface area contributed by atoms with Crippen LogP contribution in [0, 0.1) is 10.5 Å². The van der Waals surface area contributed by atoms with Crippen LogP contribution in [-0.4, -0.2) is 11.7 Å². The third-order valence-electron chi connectivity index (χ3n) is 3.35. The standard InChI is InChI=1S/C16H18INO/c1-12-5-3-4-6-15(12)18-16(2,11-19)13-7-9-14(17)10-8-13/h3-10,18-19H,11H2,1-2H3. The predicted octanol–water partition coefficient (Wildman–Crippen LogP) is 3.92. The van der Waals surface area contributed by atoms with Crippen LogP contribution in [0.5, 0.6) is 0 Å². The van der Waals surface area contributed by atoms with E-state index in [1.54, 1.807) is 0 Å². The van der Waals surface area contributed by atoms with Crippen molar-refractivity contribution in [1.82, 2.24) is 0 Å². The molecule has 0 radical (unpaired) electrons. The van der Waals surface area contributed by atoms with Crippen LogP contribution in [-0.2, 0) is 5.54 Å². The van der Waals surface area contributed by atoms with Crippen molar-refractivity contribution < 1.29 is 5.11 Å². The van der Waals surface area contributed by atoms with Gasteiger partial charge in [0.25, 0.3) is 0 Å². The van der Waals surface area contributed by atoms with Gasteiger partial charge < -0.3 is 10.4 Å². The third-order valence-corrected chi connectivity index (χ3v) is 4.07. The number of hydrogen-bond acceptors (Lipinski definition) is 2. The molecule has 0 saturated carbocycles. The van der Waals surface area contributed by atoms with Crippen LogP contribution >= 0.6 is 22.6 Å². The van der Waals surface area contributed by atoms with Gasteiger partial charge >= 0.3 is 0 Å². The van der Waals surface area contributed by atoms with Crippen LogP contribution in [0.4, 0.5) is 5.69 Å². The van der Waals surface area contributed by atoms with Crippen LogP contribution in [0.1, 0.15) is 18.1 Å². The second-order valence-corrected chi connectivity index (χ2v) is 6.18. The van der Waals surface area contributed by atoms with Gasteiger partial charge in [-0.2, -0.15) is 0 Å². The molecule has 0 aliphatic carbocycles. The first-order valence-corrected chi connectivity index (χ1v) is 7.34. The molecule has 2 N–H and O–H groups in total. The normalized spacial score (nSPS) is 13.9. The number of nitrogens with one attached hydrogen (secondary N) is 1. The molecule has 0 heterocycles. The lowest BCUT2D eigenvalue weighted by Gasteiger charge is -2.31. The summed E-state index contributed by atoms with van der Waals surface area (Å²) in [5, 5.41) is 13.3. The summed E-state index contributed by atoms with van der Waals surface area (Å²) in [5.41, 5.74) is 2.83. The Balaban J connectivity index is 2.33. The summed E-state index contributed by atoms with van der Waals surface area (Å²) in [6.45, 7) is 4.12. The first kappa shape index (κ1) is 14.3. The van der Waals surface area contributed by atoms with Crippen molar-refractivity contribution in [3.8, 4) is 0 Å². The fourth-order valence-electron chi connectivity index (χ4n) is 2.03. The van der Waals surface area contributed by atoms with Crippen molar-refractivity contribution in [2.75, 3.05) is 11.9 Å². The Bertz CT molecular complexity index is 553. The molecule has 100 valence electrons. The van der Waals surface area contributed by atoms with Crippen molar-refractivity contribution in [2.24, 2.45) is 0 Å². The third kappa shape index (κ3) is 3.28. The smallest absolute Gasteiger partial charge is 0.0828 e. The lowest BCUT2D eigenvalue weighted by Crippen LogP contribution is -2.36. The number of para-hydroxylation sites is 1. The van der Waals surface area contributed by atoms with E-state index in [2.05, 4.69) is 65.2 Å². The number of anilines is 1. The van der Waals surface area contributed by atoms with Gasteiger partial charge in [0, 0.05) is 9.26 Å². The van der Waals surface area contributed by atoms with Crippen LogP contribution in [0.15, 0.2) is 48.5 Å². The number of benzene rings is 2. The molecule has 0 aliphatic heterocycles. The van der Waals surface area contributed by atoms with E-state index in [1.807, 2.05) is 25.1 Å². The second-order valence-electron chi connectivity index (χ2n) is 4.94. The number of halogens is 1. The van der Waals surface area contributed by atoms with Gasteiger partial charge in [-0.25, -0.2) is 0 Å². The lowest BCUT2D eigenvalue weighted by atomic mass is 9.92. The summed E-state index contributed by atoms with van der Waals surface area (Å²) in [6.07, 6.45) is 0. The maximum absolute atomic E-state index is 9.80. The number of hydrogen-bond donors (Lipinski definition) is 2. The SMILES string of the molecule is Cc1ccccc1NC(C)(CO)c1ccc(I)cc1. The molecule has 0 saturated heterocycles. The molecule has 19 heavy (non-hydrogen) atoms. The van der Waals surface area contributed by atoms with Gasteiger partial charge in [0.15, 0.2) is 0 Å². The topological polar surface area (TPSA) is 32.3 Å². The van der Waals surface area contributed by atoms with Gasteiger partial charge in [0.05, 0.1) is 12.1 Å². The van der Waals surface area contributed by atoms with Crippen molar-refractivity contribution in [3.05, 3.63) is 63.2 Å². The average Bonchev–Trinajstić information content (AvgIpc) is 2.42. The zero-order valence-electron chi connectivity index (χ0n) is 11.2. The zero-order chi connectivity index (χ0) is 13.9. The van der Waals surface area contributed by atoms with E-state index >= 15 is 0 Å². The number of aliphatic hydroxyl groups is 1. The average molecular weight is 367 g/mol. The van der Waals surface area contributed by atoms with Gasteiger partial charge in [-0.3, -0.25) is 0 Å². The molecule has 2 aromatic rings. The minimum atomic E-state index is -0.476. The van der Waals surface area contributed by atoms with E-state index in [9.17, 15) is 5.11 Å². The van der Waals surface area contributed by atoms with E-state index in [4.69, 9.17) is 0 Å². The summed E-state index contributed by atoms with van der Waals surface area (Å²) in [4.78, 5) is 0. The minimum absolute atomic E-state index is 0.0436. The molecule has 0 bridgehead atoms. The molecule has 0 amide bonds. The monoisotopic (exact) mass is 367 g/mol. The molecule has 3 heteroatoms. The van der Waals surface area contributed by atoms with Crippen molar-refractivity contribution >= 4 is 28.3 Å². The Morgan fingerprint density at radius 2 is 1.74 bits per heavy atom. The van der Waals surface area contributed by atoms with Gasteiger partial charge in [-0.1, -0.05) is 30.3 Å². The predicted molar refractivity (Wildman–Crippen MR) is 88.4 cm³/mol. The van der Waals surface area contributed by atoms with E-state index < -0.39 is 5.54 Å². The summed E-state index contributed by atoms with van der Waals surface area (Å²) in [6, 6.07) is 16.4. The fourth-order valence-corrected chi connectivity index (χ4v) is 2.39. The molecule has 0 spiro atoms. The molecular formula is C16H18INO. The van der Waals surface area contributed by atoms with Gasteiger partial charge in [0.2, 0.25) is 0 Å². The largest absolute Gasteiger partial charge is 0.394 e. The molecule has 0 aromatic heterocycles. The molecule has 1 atom stereocenters. The minimum Gasteiger partial charge on any atom is -0.394 e. The first-order valence-electron chi connectivity index (χ1n) is 6.26. The van der Waals surface area contributed by atoms with E-state index in [0.29, 0.717) is 0 Å². The number of rotatable bonds is 4. The molecular weight excluding hydrogens is 349 g/mol. The second kappa shape index (κ2) is 5.92. The Morgan fingerprint density at radius 3 is 2.32 bits per heavy atom. The highest BCUT2D eigenvalue weighted by Crippen LogP contribution is 2.27. The van der Waals surface area contributed by atoms with Crippen molar-refractivity contribution in [2.45, 2.75) is 19.4 Å². The summed E-state index contributed by atoms with van der Waals surface area (Å²) >= 11 is 2.28. The Hall–Kier alpha value is -1.07. The van der Waals surface area contributed by atoms with E-state index in [-0.39, 0.29) is 6.61 Å². The summed E-state index contributed by atoms with van der Waals surface area (Å²) in [5.74, 6) is 0. The highest BCUT2D eigenvalue weighted by Gasteiger charge is 2.25. The fraction of sp³-hybridized carbons (Fsp3) is 0.250. The Morgan fingerprint density at radius 1 is 1.11 bits per heavy atom. The van der Waals surface area contributed by atoms with Crippen molar-refractivity contribution in [1.29, 1.82) is 0 Å². The Kier molecular flexibility index (Phi) is 4.47. The maximum atomic E-state index is 9.80. The summed E-state index contributed by atoms with van der Waals surface area (Å²) < 4.78 is 1.19. The molecule has 2 rings (SSSR count). The van der Waals surface area contributed by atoms with Crippen molar-refractivity contribution in [3.63, 3.8) is 0 Å². The zero-order valence-corrected chi connectivity index (χ0v) is 13.3. The lowest BCUT2D eigenvalue weighted by molar-refractivity contribution is 0.224. The van der Waals surface area contributed by atoms with E-state index in [1.165, 1.54) is 9.13 Å². The molecule has 0 aliphatic rings. The molecule has 0 fully saturated rings. The molecule has 1 unspecified atom stereocenters. The highest BCUT2D eigenvalue weighted by atomic mass is 127. The van der Waals surface area contributed by atoms with Crippen LogP contribution in [0.3, 0.4) is 0 Å².